The molecule has 0 unspecified atom stereocenters. The van der Waals surface area contributed by atoms with E-state index in [2.05, 4.69) is 9.98 Å². The number of fused-ring (bicyclic) bond motifs is 1. The number of hydrogen-bond donors (Lipinski definition) is 2. The maximum absolute atomic E-state index is 5.93. The third-order valence-corrected chi connectivity index (χ3v) is 3.42. The summed E-state index contributed by atoms with van der Waals surface area (Å²) in [5.74, 6) is 0.642. The first kappa shape index (κ1) is 12.0. The van der Waals surface area contributed by atoms with Crippen molar-refractivity contribution in [3.8, 4) is 11.5 Å². The smallest absolute Gasteiger partial charge is 0.212 e. The molecule has 19 heavy (non-hydrogen) atoms. The van der Waals surface area contributed by atoms with Crippen molar-refractivity contribution in [2.45, 2.75) is 0 Å². The molecule has 4 N–H and O–H groups in total. The first-order valence-corrected chi connectivity index (χ1v) is 6.62. The highest BCUT2D eigenvalue weighted by atomic mass is 35.5. The minimum absolute atomic E-state index is 0.0164. The van der Waals surface area contributed by atoms with Crippen molar-refractivity contribution in [1.29, 1.82) is 0 Å². The number of furan rings is 1. The van der Waals surface area contributed by atoms with Crippen molar-refractivity contribution in [2.24, 2.45) is 16.5 Å². The summed E-state index contributed by atoms with van der Waals surface area (Å²) in [6.45, 7) is 0. The van der Waals surface area contributed by atoms with E-state index in [1.807, 2.05) is 23.6 Å². The molecule has 0 aliphatic carbocycles. The molecule has 2 heterocycles. The third-order valence-electron chi connectivity index (χ3n) is 2.45. The molecule has 0 spiro atoms. The number of thiazole rings is 1. The number of guanidine groups is 1. The van der Waals surface area contributed by atoms with Gasteiger partial charge in [-0.05, 0) is 24.3 Å². The zero-order valence-electron chi connectivity index (χ0n) is 9.63. The number of aromatic nitrogens is 1. The summed E-state index contributed by atoms with van der Waals surface area (Å²) in [7, 11) is 0. The largest absolute Gasteiger partial charge is 0.454 e. The second kappa shape index (κ2) is 4.56. The molecule has 7 heteroatoms. The van der Waals surface area contributed by atoms with Gasteiger partial charge in [0, 0.05) is 15.8 Å². The minimum atomic E-state index is -0.0164. The van der Waals surface area contributed by atoms with Gasteiger partial charge in [0.1, 0.15) is 11.3 Å². The highest BCUT2D eigenvalue weighted by Crippen LogP contribution is 2.32. The zero-order chi connectivity index (χ0) is 13.4. The van der Waals surface area contributed by atoms with Gasteiger partial charge in [-0.3, -0.25) is 0 Å². The third kappa shape index (κ3) is 2.40. The summed E-state index contributed by atoms with van der Waals surface area (Å²) >= 11 is 7.28. The predicted octanol–water partition coefficient (Wildman–Crippen LogP) is 3.11. The van der Waals surface area contributed by atoms with Gasteiger partial charge in [0.05, 0.1) is 0 Å². The van der Waals surface area contributed by atoms with Gasteiger partial charge in [-0.1, -0.05) is 11.6 Å². The number of aliphatic imine (C=N–C) groups is 1. The monoisotopic (exact) mass is 292 g/mol. The quantitative estimate of drug-likeness (QED) is 0.561. The number of nitrogens with zero attached hydrogens (tertiary/aromatic N) is 2. The van der Waals surface area contributed by atoms with Crippen molar-refractivity contribution >= 4 is 45.0 Å². The molecular weight excluding hydrogens is 284 g/mol. The minimum Gasteiger partial charge on any atom is -0.454 e. The summed E-state index contributed by atoms with van der Waals surface area (Å²) in [4.78, 5) is 8.17. The molecule has 96 valence electrons. The first-order valence-electron chi connectivity index (χ1n) is 5.36. The standard InChI is InChI=1S/C12H9ClN4OS/c13-7-1-2-9-6(3-7)4-10(18-9)8-5-19-12(16-8)17-11(14)15/h1-5H,(H4,14,15,16,17). The molecule has 0 aliphatic rings. The lowest BCUT2D eigenvalue weighted by Crippen LogP contribution is -2.21. The Morgan fingerprint density at radius 2 is 2.16 bits per heavy atom. The Labute approximate surface area is 117 Å². The van der Waals surface area contributed by atoms with E-state index in [0.29, 0.717) is 21.6 Å². The van der Waals surface area contributed by atoms with Gasteiger partial charge in [-0.15, -0.1) is 11.3 Å². The van der Waals surface area contributed by atoms with Crippen molar-refractivity contribution in [1.82, 2.24) is 4.98 Å². The average molecular weight is 293 g/mol. The van der Waals surface area contributed by atoms with Crippen LogP contribution in [0.15, 0.2) is 39.1 Å². The van der Waals surface area contributed by atoms with Crippen LogP contribution in [0.5, 0.6) is 0 Å². The Hall–Kier alpha value is -2.05. The molecule has 0 saturated heterocycles. The summed E-state index contributed by atoms with van der Waals surface area (Å²) in [6.07, 6.45) is 0. The lowest BCUT2D eigenvalue weighted by Gasteiger charge is -1.88. The average Bonchev–Trinajstić information content (AvgIpc) is 2.93. The summed E-state index contributed by atoms with van der Waals surface area (Å²) in [6, 6.07) is 7.33. The Bertz CT molecular complexity index is 773. The number of halogens is 1. The molecule has 0 bridgehead atoms. The van der Waals surface area contributed by atoms with Crippen molar-refractivity contribution in [3.05, 3.63) is 34.7 Å². The van der Waals surface area contributed by atoms with Gasteiger partial charge in [0.2, 0.25) is 5.13 Å². The molecule has 1 aromatic carbocycles. The van der Waals surface area contributed by atoms with Gasteiger partial charge in [0.15, 0.2) is 11.7 Å². The Kier molecular flexibility index (Phi) is 2.88. The topological polar surface area (TPSA) is 90.4 Å². The molecule has 3 rings (SSSR count). The van der Waals surface area contributed by atoms with E-state index in [1.165, 1.54) is 11.3 Å². The van der Waals surface area contributed by atoms with Crippen molar-refractivity contribution in [2.75, 3.05) is 0 Å². The number of hydrogen-bond acceptors (Lipinski definition) is 4. The van der Waals surface area contributed by atoms with Crippen LogP contribution in [0.2, 0.25) is 5.02 Å². The molecule has 3 aromatic rings. The fraction of sp³-hybridized carbons (Fsp3) is 0. The Morgan fingerprint density at radius 3 is 2.95 bits per heavy atom. The molecule has 0 aliphatic heterocycles. The van der Waals surface area contributed by atoms with Gasteiger partial charge >= 0.3 is 0 Å². The van der Waals surface area contributed by atoms with Crippen LogP contribution in [-0.2, 0) is 0 Å². The van der Waals surface area contributed by atoms with Crippen LogP contribution < -0.4 is 11.5 Å². The van der Waals surface area contributed by atoms with Crippen LogP contribution >= 0.6 is 22.9 Å². The lowest BCUT2D eigenvalue weighted by atomic mass is 10.2. The van der Waals surface area contributed by atoms with E-state index in [4.69, 9.17) is 27.5 Å². The molecular formula is C12H9ClN4OS. The van der Waals surface area contributed by atoms with Gasteiger partial charge in [-0.25, -0.2) is 4.98 Å². The Balaban J connectivity index is 2.04. The predicted molar refractivity (Wildman–Crippen MR) is 77.8 cm³/mol. The number of rotatable bonds is 2. The highest BCUT2D eigenvalue weighted by molar-refractivity contribution is 7.13. The van der Waals surface area contributed by atoms with E-state index >= 15 is 0 Å². The van der Waals surface area contributed by atoms with E-state index in [9.17, 15) is 0 Å². The van der Waals surface area contributed by atoms with Crippen LogP contribution in [0, 0.1) is 0 Å². The normalized spacial score (nSPS) is 10.8. The fourth-order valence-electron chi connectivity index (χ4n) is 1.68. The molecule has 0 atom stereocenters. The van der Waals surface area contributed by atoms with Crippen LogP contribution in [-0.4, -0.2) is 10.9 Å². The summed E-state index contributed by atoms with van der Waals surface area (Å²) < 4.78 is 5.70. The lowest BCUT2D eigenvalue weighted by molar-refractivity contribution is 0.629. The van der Waals surface area contributed by atoms with E-state index in [-0.39, 0.29) is 5.96 Å². The van der Waals surface area contributed by atoms with E-state index < -0.39 is 0 Å². The van der Waals surface area contributed by atoms with Crippen LogP contribution in [0.25, 0.3) is 22.4 Å². The maximum Gasteiger partial charge on any atom is 0.212 e. The van der Waals surface area contributed by atoms with Crippen molar-refractivity contribution < 1.29 is 4.42 Å². The highest BCUT2D eigenvalue weighted by Gasteiger charge is 2.10. The Morgan fingerprint density at radius 1 is 1.32 bits per heavy atom. The van der Waals surface area contributed by atoms with Crippen LogP contribution in [0.3, 0.4) is 0 Å². The summed E-state index contributed by atoms with van der Waals surface area (Å²) in [5, 5.41) is 3.92. The number of nitrogens with two attached hydrogens (primary N) is 2. The zero-order valence-corrected chi connectivity index (χ0v) is 11.2. The molecule has 0 saturated carbocycles. The second-order valence-corrected chi connectivity index (χ2v) is 5.12. The second-order valence-electron chi connectivity index (χ2n) is 3.84. The number of benzene rings is 1. The van der Waals surface area contributed by atoms with Crippen LogP contribution in [0.1, 0.15) is 0 Å². The molecule has 0 fully saturated rings. The molecule has 0 amide bonds. The molecule has 5 nitrogen and oxygen atoms in total. The molecule has 0 radical (unpaired) electrons. The molecule has 2 aromatic heterocycles. The van der Waals surface area contributed by atoms with Gasteiger partial charge in [-0.2, -0.15) is 4.99 Å². The van der Waals surface area contributed by atoms with Gasteiger partial charge in [0.25, 0.3) is 0 Å². The fourth-order valence-corrected chi connectivity index (χ4v) is 2.56. The van der Waals surface area contributed by atoms with Crippen molar-refractivity contribution in [3.63, 3.8) is 0 Å². The summed E-state index contributed by atoms with van der Waals surface area (Å²) in [5.41, 5.74) is 12.1. The van der Waals surface area contributed by atoms with E-state index in [1.54, 1.807) is 6.07 Å². The van der Waals surface area contributed by atoms with E-state index in [0.717, 1.165) is 11.0 Å². The van der Waals surface area contributed by atoms with Crippen LogP contribution in [0.4, 0.5) is 5.13 Å². The SMILES string of the molecule is NC(N)=Nc1nc(-c2cc3cc(Cl)ccc3o2)cs1. The van der Waals surface area contributed by atoms with Gasteiger partial charge < -0.3 is 15.9 Å². The maximum atomic E-state index is 5.93. The first-order chi connectivity index (χ1) is 9.11.